The molecule has 0 radical (unpaired) electrons. The van der Waals surface area contributed by atoms with Gasteiger partial charge in [-0.2, -0.15) is 0 Å². The number of nitrogens with one attached hydrogen (secondary N) is 1. The van der Waals surface area contributed by atoms with E-state index in [0.29, 0.717) is 23.3 Å². The maximum atomic E-state index is 13.1. The summed E-state index contributed by atoms with van der Waals surface area (Å²) in [5.74, 6) is -0.583. The fourth-order valence-corrected chi connectivity index (χ4v) is 3.08. The minimum Gasteiger partial charge on any atom is -0.324 e. The monoisotopic (exact) mass is 378 g/mol. The standard InChI is InChI=1S/C21H22N4O3/c1-4-24(15(3)26)20-21(28)25(18-12-8-7-11-17(18)23-20)13-19(27)22-16-10-6-5-9-14(16)2/h5-12H,4,13H2,1-3H3,(H,22,27). The van der Waals surface area contributed by atoms with E-state index < -0.39 is 5.56 Å². The maximum absolute atomic E-state index is 13.1. The summed E-state index contributed by atoms with van der Waals surface area (Å²) in [5, 5.41) is 2.84. The lowest BCUT2D eigenvalue weighted by Crippen LogP contribution is -2.38. The van der Waals surface area contributed by atoms with Crippen molar-refractivity contribution in [3.05, 3.63) is 64.4 Å². The second kappa shape index (κ2) is 8.04. The molecule has 0 spiro atoms. The van der Waals surface area contributed by atoms with Crippen LogP contribution in [0.25, 0.3) is 11.0 Å². The molecule has 2 amide bonds. The third-order valence-corrected chi connectivity index (χ3v) is 4.51. The average molecular weight is 378 g/mol. The molecule has 1 aromatic heterocycles. The fraction of sp³-hybridized carbons (Fsp3) is 0.238. The van der Waals surface area contributed by atoms with Crippen LogP contribution in [-0.4, -0.2) is 27.9 Å². The van der Waals surface area contributed by atoms with Crippen LogP contribution in [-0.2, 0) is 16.1 Å². The van der Waals surface area contributed by atoms with Crippen molar-refractivity contribution in [2.75, 3.05) is 16.8 Å². The second-order valence-corrected chi connectivity index (χ2v) is 6.44. The predicted molar refractivity (Wildman–Crippen MR) is 110 cm³/mol. The van der Waals surface area contributed by atoms with Gasteiger partial charge in [0.15, 0.2) is 0 Å². The van der Waals surface area contributed by atoms with E-state index in [2.05, 4.69) is 10.3 Å². The minimum atomic E-state index is -0.476. The van der Waals surface area contributed by atoms with E-state index in [1.807, 2.05) is 25.1 Å². The van der Waals surface area contributed by atoms with E-state index >= 15 is 0 Å². The first-order valence-electron chi connectivity index (χ1n) is 9.05. The van der Waals surface area contributed by atoms with Crippen molar-refractivity contribution in [1.29, 1.82) is 0 Å². The van der Waals surface area contributed by atoms with Crippen molar-refractivity contribution in [2.24, 2.45) is 0 Å². The smallest absolute Gasteiger partial charge is 0.294 e. The Hall–Kier alpha value is -3.48. The van der Waals surface area contributed by atoms with E-state index in [1.165, 1.54) is 16.4 Å². The summed E-state index contributed by atoms with van der Waals surface area (Å²) in [5.41, 5.74) is 2.22. The van der Waals surface area contributed by atoms with Crippen LogP contribution in [0.4, 0.5) is 11.5 Å². The molecule has 2 aromatic carbocycles. The van der Waals surface area contributed by atoms with Crippen LogP contribution in [0.5, 0.6) is 0 Å². The van der Waals surface area contributed by atoms with Crippen LogP contribution in [0.3, 0.4) is 0 Å². The Morgan fingerprint density at radius 3 is 2.46 bits per heavy atom. The highest BCUT2D eigenvalue weighted by Gasteiger charge is 2.20. The first-order valence-corrected chi connectivity index (χ1v) is 9.05. The molecule has 0 atom stereocenters. The Kier molecular flexibility index (Phi) is 5.54. The quantitative estimate of drug-likeness (QED) is 0.740. The zero-order valence-electron chi connectivity index (χ0n) is 16.1. The molecular formula is C21H22N4O3. The highest BCUT2D eigenvalue weighted by Crippen LogP contribution is 2.16. The van der Waals surface area contributed by atoms with Gasteiger partial charge in [-0.3, -0.25) is 23.9 Å². The fourth-order valence-electron chi connectivity index (χ4n) is 3.08. The lowest BCUT2D eigenvalue weighted by molar-refractivity contribution is -0.117. The summed E-state index contributed by atoms with van der Waals surface area (Å²) in [6.07, 6.45) is 0. The number of anilines is 2. The number of amides is 2. The van der Waals surface area contributed by atoms with Crippen LogP contribution in [0.2, 0.25) is 0 Å². The van der Waals surface area contributed by atoms with Gasteiger partial charge in [0.25, 0.3) is 5.56 Å². The van der Waals surface area contributed by atoms with Gasteiger partial charge in [0, 0.05) is 19.2 Å². The SMILES string of the molecule is CCN(C(C)=O)c1nc2ccccc2n(CC(=O)Nc2ccccc2C)c1=O. The lowest BCUT2D eigenvalue weighted by atomic mass is 10.2. The molecule has 0 unspecified atom stereocenters. The van der Waals surface area contributed by atoms with Crippen molar-refractivity contribution in [1.82, 2.24) is 9.55 Å². The van der Waals surface area contributed by atoms with Gasteiger partial charge in [-0.15, -0.1) is 0 Å². The molecule has 1 heterocycles. The van der Waals surface area contributed by atoms with Crippen LogP contribution >= 0.6 is 0 Å². The highest BCUT2D eigenvalue weighted by molar-refractivity contribution is 5.93. The van der Waals surface area contributed by atoms with E-state index in [4.69, 9.17) is 0 Å². The Morgan fingerprint density at radius 2 is 1.79 bits per heavy atom. The first-order chi connectivity index (χ1) is 13.4. The van der Waals surface area contributed by atoms with Gasteiger partial charge in [0.05, 0.1) is 11.0 Å². The van der Waals surface area contributed by atoms with Gasteiger partial charge in [-0.05, 0) is 37.6 Å². The van der Waals surface area contributed by atoms with E-state index in [9.17, 15) is 14.4 Å². The highest BCUT2D eigenvalue weighted by atomic mass is 16.2. The van der Waals surface area contributed by atoms with Crippen molar-refractivity contribution in [3.8, 4) is 0 Å². The molecule has 0 saturated carbocycles. The number of carbonyl (C=O) groups excluding carboxylic acids is 2. The number of benzene rings is 2. The molecule has 0 saturated heterocycles. The molecule has 0 aliphatic heterocycles. The predicted octanol–water partition coefficient (Wildman–Crippen LogP) is 2.72. The Morgan fingerprint density at radius 1 is 1.11 bits per heavy atom. The van der Waals surface area contributed by atoms with Crippen LogP contribution in [0.1, 0.15) is 19.4 Å². The van der Waals surface area contributed by atoms with Crippen LogP contribution in [0, 0.1) is 6.92 Å². The zero-order valence-corrected chi connectivity index (χ0v) is 16.1. The number of aryl methyl sites for hydroxylation is 1. The first kappa shape index (κ1) is 19.3. The topological polar surface area (TPSA) is 84.3 Å². The number of nitrogens with zero attached hydrogens (tertiary/aromatic N) is 3. The van der Waals surface area contributed by atoms with E-state index in [-0.39, 0.29) is 24.2 Å². The van der Waals surface area contributed by atoms with Gasteiger partial charge < -0.3 is 5.32 Å². The minimum absolute atomic E-state index is 0.0254. The summed E-state index contributed by atoms with van der Waals surface area (Å²) >= 11 is 0. The number of hydrogen-bond donors (Lipinski definition) is 1. The third kappa shape index (κ3) is 3.78. The van der Waals surface area contributed by atoms with Crippen molar-refractivity contribution in [3.63, 3.8) is 0 Å². The second-order valence-electron chi connectivity index (χ2n) is 6.44. The number of rotatable bonds is 5. The van der Waals surface area contributed by atoms with Gasteiger partial charge in [-0.1, -0.05) is 30.3 Å². The molecule has 7 heteroatoms. The molecule has 1 N–H and O–H groups in total. The van der Waals surface area contributed by atoms with Gasteiger partial charge in [-0.25, -0.2) is 4.98 Å². The van der Waals surface area contributed by atoms with E-state index in [1.54, 1.807) is 37.3 Å². The number of aromatic nitrogens is 2. The molecule has 28 heavy (non-hydrogen) atoms. The van der Waals surface area contributed by atoms with E-state index in [0.717, 1.165) is 5.56 Å². The average Bonchev–Trinajstić information content (AvgIpc) is 2.67. The molecule has 0 fully saturated rings. The maximum Gasteiger partial charge on any atom is 0.294 e. The van der Waals surface area contributed by atoms with Gasteiger partial charge >= 0.3 is 0 Å². The zero-order chi connectivity index (χ0) is 20.3. The number of para-hydroxylation sites is 3. The summed E-state index contributed by atoms with van der Waals surface area (Å²) in [6, 6.07) is 14.5. The van der Waals surface area contributed by atoms with Crippen molar-refractivity contribution in [2.45, 2.75) is 27.3 Å². The van der Waals surface area contributed by atoms with Crippen molar-refractivity contribution < 1.29 is 9.59 Å². The number of fused-ring (bicyclic) bond motifs is 1. The lowest BCUT2D eigenvalue weighted by Gasteiger charge is -2.20. The molecule has 144 valence electrons. The Balaban J connectivity index is 2.05. The van der Waals surface area contributed by atoms with Crippen LogP contribution < -0.4 is 15.8 Å². The van der Waals surface area contributed by atoms with Gasteiger partial charge in [0.1, 0.15) is 6.54 Å². The molecule has 3 rings (SSSR count). The number of hydrogen-bond acceptors (Lipinski definition) is 4. The van der Waals surface area contributed by atoms with Crippen LogP contribution in [0.15, 0.2) is 53.3 Å². The molecule has 0 bridgehead atoms. The van der Waals surface area contributed by atoms with Crippen molar-refractivity contribution >= 4 is 34.4 Å². The Bertz CT molecular complexity index is 1100. The summed E-state index contributed by atoms with van der Waals surface area (Å²) in [4.78, 5) is 43.3. The Labute approximate surface area is 162 Å². The van der Waals surface area contributed by atoms with Gasteiger partial charge in [0.2, 0.25) is 17.6 Å². The largest absolute Gasteiger partial charge is 0.324 e. The molecule has 0 aliphatic carbocycles. The summed E-state index contributed by atoms with van der Waals surface area (Å²) in [6.45, 7) is 5.18. The summed E-state index contributed by atoms with van der Waals surface area (Å²) in [7, 11) is 0. The molecule has 0 aliphatic rings. The molecular weight excluding hydrogens is 356 g/mol. The number of carbonyl (C=O) groups is 2. The molecule has 7 nitrogen and oxygen atoms in total. The summed E-state index contributed by atoms with van der Waals surface area (Å²) < 4.78 is 1.36. The third-order valence-electron chi connectivity index (χ3n) is 4.51. The normalized spacial score (nSPS) is 10.7. The molecule has 3 aromatic rings.